The smallest absolute Gasteiger partial charge is 0.338 e. The first-order valence-corrected chi connectivity index (χ1v) is 23.5. The van der Waals surface area contributed by atoms with E-state index in [1.54, 1.807) is 48.5 Å². The third kappa shape index (κ3) is 13.4. The second-order valence-corrected chi connectivity index (χ2v) is 18.0. The summed E-state index contributed by atoms with van der Waals surface area (Å²) in [6.45, 7) is 16.1. The highest BCUT2D eigenvalue weighted by atomic mass is 16.8. The molecule has 3 fully saturated rings. The Kier molecular flexibility index (Phi) is 19.2. The minimum atomic E-state index is -0.982. The molecule has 0 saturated carbocycles. The van der Waals surface area contributed by atoms with Crippen LogP contribution in [0.15, 0.2) is 96.1 Å². The SMILES string of the molecule is CC[C@@H](C)[C@@H]1O[C@@H](O[C@@H]2C(C)[C@@H](OCCCCCN=[N+]=[N-])OC(COC(=O)c3ccccc3)[C@@H]2O[C@H]2OC(COCc3ccccc3)[C@H](C)[C@H](C)C2C)[C@@H](OC(=O)c2ccccc2)C1C. The average molecular weight is 900 g/mol. The summed E-state index contributed by atoms with van der Waals surface area (Å²) in [5.74, 6) is -1.24. The van der Waals surface area contributed by atoms with Gasteiger partial charge in [0.2, 0.25) is 0 Å². The summed E-state index contributed by atoms with van der Waals surface area (Å²) in [6.07, 6.45) is -3.32. The number of esters is 2. The number of unbranched alkanes of at least 4 members (excludes halogenated alkanes) is 2. The fourth-order valence-corrected chi connectivity index (χ4v) is 8.98. The van der Waals surface area contributed by atoms with Crippen LogP contribution in [-0.2, 0) is 49.2 Å². The Morgan fingerprint density at radius 2 is 1.29 bits per heavy atom. The summed E-state index contributed by atoms with van der Waals surface area (Å²) in [6, 6.07) is 27.7. The minimum Gasteiger partial charge on any atom is -0.459 e. The van der Waals surface area contributed by atoms with Crippen LogP contribution in [-0.4, -0.2) is 93.8 Å². The van der Waals surface area contributed by atoms with Crippen LogP contribution in [0.5, 0.6) is 0 Å². The van der Waals surface area contributed by atoms with Gasteiger partial charge in [0.15, 0.2) is 25.0 Å². The van der Waals surface area contributed by atoms with Crippen molar-refractivity contribution in [3.63, 3.8) is 0 Å². The van der Waals surface area contributed by atoms with Gasteiger partial charge in [-0.15, -0.1) is 0 Å². The van der Waals surface area contributed by atoms with E-state index >= 15 is 0 Å². The first kappa shape index (κ1) is 50.1. The van der Waals surface area contributed by atoms with E-state index in [0.29, 0.717) is 43.9 Å². The zero-order valence-corrected chi connectivity index (χ0v) is 39.0. The molecule has 0 bridgehead atoms. The molecule has 14 nitrogen and oxygen atoms in total. The van der Waals surface area contributed by atoms with Gasteiger partial charge in [-0.3, -0.25) is 0 Å². The van der Waals surface area contributed by atoms with Crippen molar-refractivity contribution in [3.05, 3.63) is 118 Å². The van der Waals surface area contributed by atoms with Gasteiger partial charge in [0.05, 0.1) is 42.7 Å². The highest BCUT2D eigenvalue weighted by Crippen LogP contribution is 2.42. The molecule has 6 rings (SSSR count). The molecule has 3 aromatic carbocycles. The van der Waals surface area contributed by atoms with Crippen molar-refractivity contribution < 1.29 is 52.2 Å². The van der Waals surface area contributed by atoms with Gasteiger partial charge in [-0.05, 0) is 66.0 Å². The van der Waals surface area contributed by atoms with Gasteiger partial charge in [0.25, 0.3) is 0 Å². The number of hydrogen-bond acceptors (Lipinski definition) is 12. The molecule has 3 aromatic rings. The van der Waals surface area contributed by atoms with Crippen LogP contribution in [0, 0.1) is 35.5 Å². The molecule has 3 heterocycles. The number of hydrogen-bond donors (Lipinski definition) is 0. The summed E-state index contributed by atoms with van der Waals surface area (Å²) in [5, 5.41) is 3.65. The van der Waals surface area contributed by atoms with Crippen LogP contribution in [0.2, 0.25) is 0 Å². The second kappa shape index (κ2) is 25.0. The summed E-state index contributed by atoms with van der Waals surface area (Å²) in [5.41, 5.74) is 10.6. The summed E-state index contributed by atoms with van der Waals surface area (Å²) in [4.78, 5) is 30.1. The van der Waals surface area contributed by atoms with Gasteiger partial charge in [0.1, 0.15) is 18.8 Å². The van der Waals surface area contributed by atoms with E-state index in [2.05, 4.69) is 44.6 Å². The van der Waals surface area contributed by atoms with Crippen LogP contribution in [0.1, 0.15) is 100 Å². The van der Waals surface area contributed by atoms with Crippen molar-refractivity contribution in [1.82, 2.24) is 0 Å². The number of benzene rings is 3. The summed E-state index contributed by atoms with van der Waals surface area (Å²) in [7, 11) is 0. The maximum Gasteiger partial charge on any atom is 0.338 e. The molecule has 3 aliphatic heterocycles. The van der Waals surface area contributed by atoms with E-state index in [1.165, 1.54) is 0 Å². The topological polar surface area (TPSA) is 166 Å². The predicted molar refractivity (Wildman–Crippen MR) is 243 cm³/mol. The third-order valence-electron chi connectivity index (χ3n) is 13.6. The number of rotatable bonds is 22. The van der Waals surface area contributed by atoms with E-state index < -0.39 is 61.1 Å². The molecule has 5 unspecified atom stereocenters. The minimum absolute atomic E-state index is 0.0599. The van der Waals surface area contributed by atoms with E-state index in [1.807, 2.05) is 56.3 Å². The molecular formula is C51H69N3O11. The van der Waals surface area contributed by atoms with Crippen molar-refractivity contribution in [1.29, 1.82) is 0 Å². The zero-order valence-electron chi connectivity index (χ0n) is 39.0. The molecule has 3 saturated heterocycles. The standard InChI is InChI=1S/C51H69N3O11/c1-8-32(2)43-36(6)45(62-48(56)40-25-17-11-18-26-40)51(63-43)64-44-37(7)49(58-28-20-12-19-27-53-54-52)61-42(31-59-47(55)39-23-15-10-16-24-39)46(44)65-50-35(5)33(3)34(4)41(60-50)30-57-29-38-21-13-9-14-22-38/h9-11,13-18,21-26,32-37,41-46,49-51H,8,12,19-20,27-31H2,1-7H3/t32-,33+,34-,35?,36?,37?,41?,42?,43+,44-,45+,46+,49+,50-,51+/m1/s1. The molecule has 3 aliphatic rings. The maximum absolute atomic E-state index is 13.7. The fourth-order valence-electron chi connectivity index (χ4n) is 8.98. The average Bonchev–Trinajstić information content (AvgIpc) is 3.63. The maximum atomic E-state index is 13.7. The van der Waals surface area contributed by atoms with Crippen molar-refractivity contribution in [2.45, 2.75) is 136 Å². The van der Waals surface area contributed by atoms with E-state index in [9.17, 15) is 9.59 Å². The van der Waals surface area contributed by atoms with Crippen molar-refractivity contribution >= 4 is 11.9 Å². The molecule has 65 heavy (non-hydrogen) atoms. The molecule has 0 aliphatic carbocycles. The lowest BCUT2D eigenvalue weighted by Crippen LogP contribution is -2.61. The fraction of sp³-hybridized carbons (Fsp3) is 0.608. The van der Waals surface area contributed by atoms with E-state index in [4.69, 9.17) is 48.2 Å². The molecular weight excluding hydrogens is 831 g/mol. The molecule has 15 atom stereocenters. The number of carbonyl (C=O) groups excluding carboxylic acids is 2. The Hall–Kier alpha value is -4.37. The molecule has 354 valence electrons. The summed E-state index contributed by atoms with van der Waals surface area (Å²) < 4.78 is 59.7. The van der Waals surface area contributed by atoms with Crippen LogP contribution in [0.4, 0.5) is 0 Å². The second-order valence-electron chi connectivity index (χ2n) is 18.0. The van der Waals surface area contributed by atoms with Crippen molar-refractivity contribution in [3.8, 4) is 0 Å². The highest BCUT2D eigenvalue weighted by Gasteiger charge is 2.54. The molecule has 0 radical (unpaired) electrons. The van der Waals surface area contributed by atoms with E-state index in [0.717, 1.165) is 24.8 Å². The third-order valence-corrected chi connectivity index (χ3v) is 13.6. The van der Waals surface area contributed by atoms with Crippen LogP contribution < -0.4 is 0 Å². The van der Waals surface area contributed by atoms with Gasteiger partial charge >= 0.3 is 11.9 Å². The lowest BCUT2D eigenvalue weighted by atomic mass is 9.79. The Balaban J connectivity index is 1.31. The highest BCUT2D eigenvalue weighted by molar-refractivity contribution is 5.89. The predicted octanol–water partition coefficient (Wildman–Crippen LogP) is 9.95. The zero-order chi connectivity index (χ0) is 46.3. The normalized spacial score (nSPS) is 31.7. The molecule has 0 spiro atoms. The number of azide groups is 1. The number of carbonyl (C=O) groups is 2. The Morgan fingerprint density at radius 1 is 0.662 bits per heavy atom. The van der Waals surface area contributed by atoms with Crippen molar-refractivity contribution in [2.24, 2.45) is 40.6 Å². The van der Waals surface area contributed by atoms with Gasteiger partial charge in [-0.25, -0.2) is 9.59 Å². The molecule has 0 N–H and O–H groups in total. The van der Waals surface area contributed by atoms with Crippen LogP contribution in [0.25, 0.3) is 10.4 Å². The van der Waals surface area contributed by atoms with Gasteiger partial charge in [-0.2, -0.15) is 0 Å². The van der Waals surface area contributed by atoms with Crippen LogP contribution in [0.3, 0.4) is 0 Å². The van der Waals surface area contributed by atoms with Crippen LogP contribution >= 0.6 is 0 Å². The Labute approximate surface area is 384 Å². The quantitative estimate of drug-likeness (QED) is 0.0310. The lowest BCUT2D eigenvalue weighted by Gasteiger charge is -2.49. The van der Waals surface area contributed by atoms with Crippen molar-refractivity contribution in [2.75, 3.05) is 26.4 Å². The largest absolute Gasteiger partial charge is 0.459 e. The summed E-state index contributed by atoms with van der Waals surface area (Å²) >= 11 is 0. The monoisotopic (exact) mass is 899 g/mol. The molecule has 14 heteroatoms. The molecule has 0 amide bonds. The first-order chi connectivity index (χ1) is 31.5. The number of ether oxygens (including phenoxy) is 9. The van der Waals surface area contributed by atoms with Gasteiger partial charge in [-0.1, -0.05) is 133 Å². The van der Waals surface area contributed by atoms with Gasteiger partial charge in [0, 0.05) is 35.8 Å². The lowest BCUT2D eigenvalue weighted by molar-refractivity contribution is -0.356. The van der Waals surface area contributed by atoms with Gasteiger partial charge < -0.3 is 42.6 Å². The number of nitrogens with zero attached hydrogens (tertiary/aromatic N) is 3. The Bertz CT molecular complexity index is 1940. The van der Waals surface area contributed by atoms with E-state index in [-0.39, 0.29) is 48.4 Å². The molecule has 0 aromatic heterocycles. The first-order valence-electron chi connectivity index (χ1n) is 23.5. The Morgan fingerprint density at radius 3 is 1.95 bits per heavy atom.